The summed E-state index contributed by atoms with van der Waals surface area (Å²) in [6, 6.07) is 13.8. The maximum atomic E-state index is 13.2. The van der Waals surface area contributed by atoms with E-state index in [2.05, 4.69) is 0 Å². The molecule has 7 heteroatoms. The number of carbonyl (C=O) groups excluding carboxylic acids is 3. The quantitative estimate of drug-likeness (QED) is 0.722. The number of piperidine rings is 1. The lowest BCUT2D eigenvalue weighted by atomic mass is 9.94. The van der Waals surface area contributed by atoms with Crippen LogP contribution < -0.4 is 0 Å². The van der Waals surface area contributed by atoms with Gasteiger partial charge in [-0.05, 0) is 42.5 Å². The molecule has 0 unspecified atom stereocenters. The average molecular weight is 450 g/mol. The van der Waals surface area contributed by atoms with Crippen LogP contribution in [0.5, 0.6) is 0 Å². The number of nitrogens with zero attached hydrogens (tertiary/aromatic N) is 3. The third-order valence-corrected chi connectivity index (χ3v) is 7.26. The molecule has 0 N–H and O–H groups in total. The largest absolute Gasteiger partial charge is 0.368 e. The second kappa shape index (κ2) is 9.51. The fraction of sp³-hybridized carbons (Fsp3) is 0.500. The molecular weight excluding hydrogens is 418 g/mol. The lowest BCUT2D eigenvalue weighted by Gasteiger charge is -2.39. The van der Waals surface area contributed by atoms with Gasteiger partial charge in [0, 0.05) is 57.4 Å². The maximum absolute atomic E-state index is 13.2. The maximum Gasteiger partial charge on any atom is 0.254 e. The van der Waals surface area contributed by atoms with Crippen molar-refractivity contribution in [2.75, 3.05) is 45.9 Å². The smallest absolute Gasteiger partial charge is 0.254 e. The molecular formula is C26H31N3O4. The molecule has 3 aliphatic rings. The Labute approximate surface area is 194 Å². The topological polar surface area (TPSA) is 70.2 Å². The Hall–Kier alpha value is -2.93. The van der Waals surface area contributed by atoms with Gasteiger partial charge in [0.25, 0.3) is 11.8 Å². The number of benzene rings is 2. The molecule has 0 aliphatic carbocycles. The molecule has 3 heterocycles. The zero-order chi connectivity index (χ0) is 22.8. The van der Waals surface area contributed by atoms with Crippen LogP contribution in [0.2, 0.25) is 0 Å². The van der Waals surface area contributed by atoms with Gasteiger partial charge in [0.15, 0.2) is 0 Å². The number of carbonyl (C=O) groups is 3. The highest BCUT2D eigenvalue weighted by atomic mass is 16.5. The van der Waals surface area contributed by atoms with Crippen LogP contribution in [0.1, 0.15) is 36.0 Å². The molecule has 3 fully saturated rings. The normalized spacial score (nSPS) is 22.1. The van der Waals surface area contributed by atoms with Crippen LogP contribution in [0.3, 0.4) is 0 Å². The van der Waals surface area contributed by atoms with Crippen molar-refractivity contribution in [3.8, 4) is 0 Å². The summed E-state index contributed by atoms with van der Waals surface area (Å²) in [5, 5.41) is 2.03. The van der Waals surface area contributed by atoms with Gasteiger partial charge in [-0.1, -0.05) is 36.4 Å². The van der Waals surface area contributed by atoms with E-state index < -0.39 is 0 Å². The van der Waals surface area contributed by atoms with Crippen molar-refractivity contribution in [1.29, 1.82) is 0 Å². The van der Waals surface area contributed by atoms with Crippen LogP contribution >= 0.6 is 0 Å². The number of rotatable bonds is 3. The summed E-state index contributed by atoms with van der Waals surface area (Å²) in [5.41, 5.74) is 0.727. The number of hydrogen-bond acceptors (Lipinski definition) is 4. The third kappa shape index (κ3) is 4.47. The fourth-order valence-electron chi connectivity index (χ4n) is 5.29. The van der Waals surface area contributed by atoms with Gasteiger partial charge >= 0.3 is 0 Å². The Kier molecular flexibility index (Phi) is 6.31. The molecule has 0 saturated carbocycles. The van der Waals surface area contributed by atoms with Crippen LogP contribution in [0.15, 0.2) is 42.5 Å². The predicted molar refractivity (Wildman–Crippen MR) is 125 cm³/mol. The van der Waals surface area contributed by atoms with E-state index in [9.17, 15) is 14.4 Å². The summed E-state index contributed by atoms with van der Waals surface area (Å²) in [5.74, 6) is 0.220. The lowest BCUT2D eigenvalue weighted by molar-refractivity contribution is -0.147. The summed E-state index contributed by atoms with van der Waals surface area (Å²) < 4.78 is 5.52. The van der Waals surface area contributed by atoms with Crippen LogP contribution in [0.4, 0.5) is 0 Å². The Morgan fingerprint density at radius 2 is 1.39 bits per heavy atom. The second-order valence-corrected chi connectivity index (χ2v) is 9.25. The molecule has 2 aromatic rings. The summed E-state index contributed by atoms with van der Waals surface area (Å²) in [4.78, 5) is 44.4. The molecule has 5 rings (SSSR count). The van der Waals surface area contributed by atoms with Crippen LogP contribution in [-0.2, 0) is 14.3 Å². The van der Waals surface area contributed by atoms with E-state index in [-0.39, 0.29) is 29.7 Å². The van der Waals surface area contributed by atoms with E-state index >= 15 is 0 Å². The summed E-state index contributed by atoms with van der Waals surface area (Å²) in [6.07, 6.45) is 2.82. The number of hydrogen-bond donors (Lipinski definition) is 0. The SMILES string of the molecule is O=C(c1cccc2ccccc12)N1CCC(C(=O)N2CCN(C(=O)[C@H]3CCCO3)CC2)CC1. The summed E-state index contributed by atoms with van der Waals surface area (Å²) >= 11 is 0. The molecule has 2 aromatic carbocycles. The third-order valence-electron chi connectivity index (χ3n) is 7.26. The fourth-order valence-corrected chi connectivity index (χ4v) is 5.29. The van der Waals surface area contributed by atoms with Crippen LogP contribution in [0.25, 0.3) is 10.8 Å². The van der Waals surface area contributed by atoms with Crippen molar-refractivity contribution in [3.05, 3.63) is 48.0 Å². The van der Waals surface area contributed by atoms with Crippen molar-refractivity contribution in [1.82, 2.24) is 14.7 Å². The van der Waals surface area contributed by atoms with E-state index in [1.54, 1.807) is 0 Å². The first-order valence-corrected chi connectivity index (χ1v) is 12.1. The van der Waals surface area contributed by atoms with Gasteiger partial charge < -0.3 is 19.4 Å². The zero-order valence-electron chi connectivity index (χ0n) is 18.9. The van der Waals surface area contributed by atoms with E-state index in [4.69, 9.17) is 4.74 Å². The van der Waals surface area contributed by atoms with Crippen molar-refractivity contribution >= 4 is 28.5 Å². The summed E-state index contributed by atoms with van der Waals surface area (Å²) in [7, 11) is 0. The predicted octanol–water partition coefficient (Wildman–Crippen LogP) is 2.54. The molecule has 3 saturated heterocycles. The molecule has 7 nitrogen and oxygen atoms in total. The minimum absolute atomic E-state index is 0.0407. The molecule has 0 spiro atoms. The van der Waals surface area contributed by atoms with Gasteiger partial charge in [0.2, 0.25) is 5.91 Å². The first kappa shape index (κ1) is 21.9. The van der Waals surface area contributed by atoms with E-state index in [0.717, 1.165) is 29.2 Å². The van der Waals surface area contributed by atoms with E-state index in [0.29, 0.717) is 58.7 Å². The number of piperazine rings is 1. The van der Waals surface area contributed by atoms with Gasteiger partial charge in [-0.25, -0.2) is 0 Å². The number of amides is 3. The molecule has 0 bridgehead atoms. The average Bonchev–Trinajstić information content (AvgIpc) is 3.42. The molecule has 1 atom stereocenters. The Morgan fingerprint density at radius 1 is 0.727 bits per heavy atom. The molecule has 3 amide bonds. The second-order valence-electron chi connectivity index (χ2n) is 9.25. The Balaban J connectivity index is 1.14. The van der Waals surface area contributed by atoms with Crippen LogP contribution in [0, 0.1) is 5.92 Å². The van der Waals surface area contributed by atoms with E-state index in [1.807, 2.05) is 57.2 Å². The Morgan fingerprint density at radius 3 is 2.09 bits per heavy atom. The highest BCUT2D eigenvalue weighted by molar-refractivity contribution is 6.07. The monoisotopic (exact) mass is 449 g/mol. The van der Waals surface area contributed by atoms with Crippen molar-refractivity contribution < 1.29 is 19.1 Å². The van der Waals surface area contributed by atoms with E-state index in [1.165, 1.54) is 0 Å². The molecule has 0 radical (unpaired) electrons. The number of ether oxygens (including phenoxy) is 1. The Bertz CT molecular complexity index is 1030. The van der Waals surface area contributed by atoms with Crippen molar-refractivity contribution in [2.45, 2.75) is 31.8 Å². The number of likely N-dealkylation sites (tertiary alicyclic amines) is 1. The van der Waals surface area contributed by atoms with Crippen molar-refractivity contribution in [2.24, 2.45) is 5.92 Å². The molecule has 0 aromatic heterocycles. The molecule has 3 aliphatic heterocycles. The summed E-state index contributed by atoms with van der Waals surface area (Å²) in [6.45, 7) is 4.15. The van der Waals surface area contributed by atoms with Gasteiger partial charge in [0.1, 0.15) is 6.10 Å². The van der Waals surface area contributed by atoms with Gasteiger partial charge in [-0.2, -0.15) is 0 Å². The minimum Gasteiger partial charge on any atom is -0.368 e. The zero-order valence-corrected chi connectivity index (χ0v) is 18.9. The first-order chi connectivity index (χ1) is 16.1. The number of fused-ring (bicyclic) bond motifs is 1. The van der Waals surface area contributed by atoms with Gasteiger partial charge in [-0.15, -0.1) is 0 Å². The van der Waals surface area contributed by atoms with Gasteiger partial charge in [0.05, 0.1) is 0 Å². The van der Waals surface area contributed by atoms with Gasteiger partial charge in [-0.3, -0.25) is 14.4 Å². The minimum atomic E-state index is -0.296. The van der Waals surface area contributed by atoms with Crippen LogP contribution in [-0.4, -0.2) is 84.4 Å². The highest BCUT2D eigenvalue weighted by Crippen LogP contribution is 2.25. The first-order valence-electron chi connectivity index (χ1n) is 12.1. The molecule has 33 heavy (non-hydrogen) atoms. The van der Waals surface area contributed by atoms with Crippen molar-refractivity contribution in [3.63, 3.8) is 0 Å². The lowest BCUT2D eigenvalue weighted by Crippen LogP contribution is -2.54. The standard InChI is InChI=1S/C26H31N3O4/c30-24(28-14-16-29(17-15-28)26(32)23-9-4-18-33-23)20-10-12-27(13-11-20)25(31)22-8-3-6-19-5-1-2-7-21(19)22/h1-3,5-8,20,23H,4,9-18H2/t23-/m1/s1. The molecule has 174 valence electrons. The highest BCUT2D eigenvalue weighted by Gasteiger charge is 2.35.